The monoisotopic (exact) mass is 352 g/mol. The van der Waals surface area contributed by atoms with E-state index in [1.54, 1.807) is 12.1 Å². The van der Waals surface area contributed by atoms with Crippen molar-refractivity contribution in [1.29, 1.82) is 0 Å². The van der Waals surface area contributed by atoms with E-state index in [0.29, 0.717) is 11.0 Å². The quantitative estimate of drug-likeness (QED) is 0.907. The molecule has 0 aliphatic carbocycles. The molecule has 3 nitrogen and oxygen atoms in total. The second-order valence-corrected chi connectivity index (χ2v) is 5.80. The van der Waals surface area contributed by atoms with Gasteiger partial charge in [-0.2, -0.15) is 0 Å². The lowest BCUT2D eigenvalue weighted by Gasteiger charge is -2.30. The van der Waals surface area contributed by atoms with Gasteiger partial charge in [-0.25, -0.2) is 0 Å². The molecule has 0 unspecified atom stereocenters. The summed E-state index contributed by atoms with van der Waals surface area (Å²) in [6, 6.07) is 4.81. The summed E-state index contributed by atoms with van der Waals surface area (Å²) in [7, 11) is 0. The van der Waals surface area contributed by atoms with Gasteiger partial charge in [0.25, 0.3) is 0 Å². The van der Waals surface area contributed by atoms with Crippen LogP contribution in [0, 0.1) is 0 Å². The van der Waals surface area contributed by atoms with Gasteiger partial charge in [-0.1, -0.05) is 6.07 Å². The van der Waals surface area contributed by atoms with E-state index in [1.807, 2.05) is 0 Å². The molecule has 0 bridgehead atoms. The van der Waals surface area contributed by atoms with Crippen molar-refractivity contribution in [1.82, 2.24) is 4.90 Å². The summed E-state index contributed by atoms with van der Waals surface area (Å²) in [6.07, 6.45) is -2.60. The number of alkyl halides is 3. The van der Waals surface area contributed by atoms with Crippen LogP contribution in [-0.2, 0) is 6.54 Å². The molecule has 1 aliphatic rings. The van der Waals surface area contributed by atoms with Crippen LogP contribution >= 0.6 is 15.9 Å². The highest BCUT2D eigenvalue weighted by Gasteiger charge is 2.32. The zero-order chi connectivity index (χ0) is 14.8. The van der Waals surface area contributed by atoms with Gasteiger partial charge < -0.3 is 10.5 Å². The van der Waals surface area contributed by atoms with Crippen molar-refractivity contribution in [2.24, 2.45) is 5.73 Å². The number of rotatable bonds is 3. The second kappa shape index (κ2) is 6.32. The van der Waals surface area contributed by atoms with Crippen molar-refractivity contribution < 1.29 is 17.9 Å². The van der Waals surface area contributed by atoms with Crippen molar-refractivity contribution in [2.45, 2.75) is 31.8 Å². The van der Waals surface area contributed by atoms with E-state index < -0.39 is 6.36 Å². The molecule has 112 valence electrons. The van der Waals surface area contributed by atoms with E-state index in [9.17, 15) is 13.2 Å². The van der Waals surface area contributed by atoms with Gasteiger partial charge in [0.15, 0.2) is 0 Å². The summed E-state index contributed by atoms with van der Waals surface area (Å²) >= 11 is 3.11. The van der Waals surface area contributed by atoms with Gasteiger partial charge in [-0.15, -0.1) is 13.2 Å². The van der Waals surface area contributed by atoms with Crippen LogP contribution in [0.4, 0.5) is 13.2 Å². The first-order valence-electron chi connectivity index (χ1n) is 6.35. The van der Waals surface area contributed by atoms with Crippen LogP contribution < -0.4 is 10.5 Å². The van der Waals surface area contributed by atoms with Crippen LogP contribution in [0.15, 0.2) is 22.7 Å². The van der Waals surface area contributed by atoms with E-state index in [0.717, 1.165) is 31.5 Å². The van der Waals surface area contributed by atoms with Crippen LogP contribution in [0.25, 0.3) is 0 Å². The number of likely N-dealkylation sites (tertiary alicyclic amines) is 1. The van der Waals surface area contributed by atoms with Crippen molar-refractivity contribution in [3.05, 3.63) is 28.2 Å². The molecule has 0 aromatic heterocycles. The highest BCUT2D eigenvalue weighted by molar-refractivity contribution is 9.10. The molecule has 1 saturated heterocycles. The third-order valence-corrected chi connectivity index (χ3v) is 3.79. The molecule has 2 N–H and O–H groups in total. The van der Waals surface area contributed by atoms with Crippen LogP contribution in [0.5, 0.6) is 5.75 Å². The number of hydrogen-bond acceptors (Lipinski definition) is 3. The first-order chi connectivity index (χ1) is 9.33. The lowest BCUT2D eigenvalue weighted by atomic mass is 10.1. The zero-order valence-corrected chi connectivity index (χ0v) is 12.4. The topological polar surface area (TPSA) is 38.5 Å². The Kier molecular flexibility index (Phi) is 4.93. The van der Waals surface area contributed by atoms with Crippen molar-refractivity contribution >= 4 is 15.9 Å². The summed E-state index contributed by atoms with van der Waals surface area (Å²) in [5.74, 6) is -0.225. The van der Waals surface area contributed by atoms with Crippen molar-refractivity contribution in [3.8, 4) is 5.75 Å². The molecule has 1 aromatic carbocycles. The molecule has 1 atom stereocenters. The molecule has 2 rings (SSSR count). The molecule has 7 heteroatoms. The molecule has 20 heavy (non-hydrogen) atoms. The fourth-order valence-corrected chi connectivity index (χ4v) is 2.85. The summed E-state index contributed by atoms with van der Waals surface area (Å²) in [5, 5.41) is 0. The molecular weight excluding hydrogens is 337 g/mol. The second-order valence-electron chi connectivity index (χ2n) is 4.95. The van der Waals surface area contributed by atoms with Gasteiger partial charge in [0.1, 0.15) is 5.75 Å². The van der Waals surface area contributed by atoms with Crippen LogP contribution in [0.1, 0.15) is 18.4 Å². The summed E-state index contributed by atoms with van der Waals surface area (Å²) in [4.78, 5) is 2.21. The minimum Gasteiger partial charge on any atom is -0.405 e. The van der Waals surface area contributed by atoms with Gasteiger partial charge in [0.05, 0.1) is 4.47 Å². The molecule has 0 spiro atoms. The number of nitrogens with zero attached hydrogens (tertiary/aromatic N) is 1. The Bertz CT molecular complexity index is 467. The molecule has 0 radical (unpaired) electrons. The van der Waals surface area contributed by atoms with Crippen molar-refractivity contribution in [2.75, 3.05) is 13.1 Å². The maximum atomic E-state index is 12.2. The van der Waals surface area contributed by atoms with Crippen LogP contribution in [0.2, 0.25) is 0 Å². The number of piperidine rings is 1. The Morgan fingerprint density at radius 2 is 2.15 bits per heavy atom. The van der Waals surface area contributed by atoms with Gasteiger partial charge in [0, 0.05) is 19.1 Å². The molecular formula is C13H16BrF3N2O. The minimum absolute atomic E-state index is 0.181. The van der Waals surface area contributed by atoms with Crippen molar-refractivity contribution in [3.63, 3.8) is 0 Å². The predicted octanol–water partition coefficient (Wildman–Crippen LogP) is 3.27. The van der Waals surface area contributed by atoms with E-state index in [1.165, 1.54) is 6.07 Å². The molecule has 1 aromatic rings. The number of nitrogens with two attached hydrogens (primary N) is 1. The van der Waals surface area contributed by atoms with E-state index in [2.05, 4.69) is 25.6 Å². The fraction of sp³-hybridized carbons (Fsp3) is 0.538. The summed E-state index contributed by atoms with van der Waals surface area (Å²) in [6.45, 7) is 2.46. The third kappa shape index (κ3) is 4.64. The standard InChI is InChI=1S/C13H16BrF3N2O/c14-11-6-9(3-4-12(11)20-13(15,16)17)7-19-5-1-2-10(18)8-19/h3-4,6,10H,1-2,5,7-8,18H2/t10-/m1/s1. The van der Waals surface area contributed by atoms with Gasteiger partial charge >= 0.3 is 6.36 Å². The lowest BCUT2D eigenvalue weighted by Crippen LogP contribution is -2.42. The van der Waals surface area contributed by atoms with E-state index in [4.69, 9.17) is 5.73 Å². The molecule has 1 heterocycles. The number of ether oxygens (including phenoxy) is 1. The normalized spacial score (nSPS) is 20.9. The van der Waals surface area contributed by atoms with Gasteiger partial charge in [-0.05, 0) is 53.0 Å². The SMILES string of the molecule is N[C@@H]1CCCN(Cc2ccc(OC(F)(F)F)c(Br)c2)C1. The van der Waals surface area contributed by atoms with Crippen LogP contribution in [-0.4, -0.2) is 30.4 Å². The maximum absolute atomic E-state index is 12.2. The summed E-state index contributed by atoms with van der Waals surface area (Å²) < 4.78 is 40.7. The van der Waals surface area contributed by atoms with E-state index in [-0.39, 0.29) is 11.8 Å². The number of halogens is 4. The minimum atomic E-state index is -4.68. The fourth-order valence-electron chi connectivity index (χ4n) is 2.34. The number of hydrogen-bond donors (Lipinski definition) is 1. The Labute approximate surface area is 124 Å². The molecule has 1 aliphatic heterocycles. The third-order valence-electron chi connectivity index (χ3n) is 3.17. The molecule has 0 amide bonds. The zero-order valence-electron chi connectivity index (χ0n) is 10.8. The Hall–Kier alpha value is -0.790. The average molecular weight is 353 g/mol. The highest BCUT2D eigenvalue weighted by Crippen LogP contribution is 2.31. The largest absolute Gasteiger partial charge is 0.573 e. The van der Waals surface area contributed by atoms with Crippen LogP contribution in [0.3, 0.4) is 0 Å². The Morgan fingerprint density at radius 1 is 1.40 bits per heavy atom. The van der Waals surface area contributed by atoms with Gasteiger partial charge in [0.2, 0.25) is 0 Å². The van der Waals surface area contributed by atoms with E-state index >= 15 is 0 Å². The predicted molar refractivity (Wildman–Crippen MR) is 73.3 cm³/mol. The smallest absolute Gasteiger partial charge is 0.405 e. The first kappa shape index (κ1) is 15.6. The van der Waals surface area contributed by atoms with Gasteiger partial charge in [-0.3, -0.25) is 4.90 Å². The first-order valence-corrected chi connectivity index (χ1v) is 7.15. The highest BCUT2D eigenvalue weighted by atomic mass is 79.9. The molecule has 1 fully saturated rings. The Morgan fingerprint density at radius 3 is 2.75 bits per heavy atom. The Balaban J connectivity index is 2.01. The average Bonchev–Trinajstić information content (AvgIpc) is 2.31. The molecule has 0 saturated carbocycles. The lowest BCUT2D eigenvalue weighted by molar-refractivity contribution is -0.274. The number of benzene rings is 1. The summed E-state index contributed by atoms with van der Waals surface area (Å²) in [5.41, 5.74) is 6.84. The maximum Gasteiger partial charge on any atom is 0.573 e.